The molecule has 2 aromatic heterocycles. The van der Waals surface area contributed by atoms with Crippen LogP contribution in [0.2, 0.25) is 0 Å². The predicted molar refractivity (Wildman–Crippen MR) is 219 cm³/mol. The van der Waals surface area contributed by atoms with Crippen molar-refractivity contribution in [2.45, 2.75) is 0 Å². The number of nitrogens with zero attached hydrogens (tertiary/aromatic N) is 2. The SMILES string of the molecule is c1ccc(-c2ccc(N(c3ccc(-c4ccccc4)cc3)c3ccc4c5ccccc5n(-c5cccc6c5sc5ccccc56)c4c3)cc2)cc1. The van der Waals surface area contributed by atoms with Crippen molar-refractivity contribution in [3.8, 4) is 27.9 Å². The summed E-state index contributed by atoms with van der Waals surface area (Å²) in [6, 6.07) is 70.3. The number of aromatic nitrogens is 1. The number of para-hydroxylation sites is 1. The summed E-state index contributed by atoms with van der Waals surface area (Å²) in [7, 11) is 0. The number of hydrogen-bond acceptors (Lipinski definition) is 2. The van der Waals surface area contributed by atoms with E-state index in [9.17, 15) is 0 Å². The molecule has 0 N–H and O–H groups in total. The molecule has 0 spiro atoms. The lowest BCUT2D eigenvalue weighted by atomic mass is 10.0. The van der Waals surface area contributed by atoms with Crippen molar-refractivity contribution in [1.29, 1.82) is 0 Å². The van der Waals surface area contributed by atoms with Gasteiger partial charge in [-0.15, -0.1) is 11.3 Å². The minimum Gasteiger partial charge on any atom is -0.310 e. The van der Waals surface area contributed by atoms with Crippen LogP contribution in [0.25, 0.3) is 69.9 Å². The fourth-order valence-electron chi connectivity index (χ4n) is 7.58. The van der Waals surface area contributed by atoms with Crippen molar-refractivity contribution < 1.29 is 0 Å². The van der Waals surface area contributed by atoms with E-state index in [2.05, 4.69) is 204 Å². The fourth-order valence-corrected chi connectivity index (χ4v) is 8.79. The van der Waals surface area contributed by atoms with Crippen LogP contribution in [0.4, 0.5) is 17.1 Å². The molecule has 3 heteroatoms. The molecule has 0 radical (unpaired) electrons. The summed E-state index contributed by atoms with van der Waals surface area (Å²) in [6.45, 7) is 0. The van der Waals surface area contributed by atoms with Crippen LogP contribution in [0.15, 0.2) is 194 Å². The lowest BCUT2D eigenvalue weighted by Gasteiger charge is -2.26. The average Bonchev–Trinajstić information content (AvgIpc) is 3.75. The van der Waals surface area contributed by atoms with Gasteiger partial charge in [0.2, 0.25) is 0 Å². The van der Waals surface area contributed by atoms with Gasteiger partial charge in [0.15, 0.2) is 0 Å². The van der Waals surface area contributed by atoms with Crippen LogP contribution in [-0.2, 0) is 0 Å². The van der Waals surface area contributed by atoms with Crippen molar-refractivity contribution in [2.75, 3.05) is 4.90 Å². The van der Waals surface area contributed by atoms with Gasteiger partial charge in [-0.05, 0) is 76.9 Å². The van der Waals surface area contributed by atoms with Gasteiger partial charge < -0.3 is 9.47 Å². The lowest BCUT2D eigenvalue weighted by Crippen LogP contribution is -2.10. The van der Waals surface area contributed by atoms with Gasteiger partial charge in [-0.25, -0.2) is 0 Å². The van der Waals surface area contributed by atoms with Gasteiger partial charge in [0.05, 0.1) is 21.4 Å². The molecular formula is C48H32N2S. The summed E-state index contributed by atoms with van der Waals surface area (Å²) in [5, 5.41) is 5.10. The number of benzene rings is 8. The van der Waals surface area contributed by atoms with Gasteiger partial charge in [-0.1, -0.05) is 140 Å². The van der Waals surface area contributed by atoms with Crippen LogP contribution >= 0.6 is 11.3 Å². The van der Waals surface area contributed by atoms with Crippen molar-refractivity contribution in [2.24, 2.45) is 0 Å². The zero-order valence-electron chi connectivity index (χ0n) is 27.8. The Balaban J connectivity index is 1.18. The Labute approximate surface area is 300 Å². The minimum atomic E-state index is 1.11. The molecule has 0 bridgehead atoms. The van der Waals surface area contributed by atoms with Crippen LogP contribution in [0.3, 0.4) is 0 Å². The molecule has 10 rings (SSSR count). The molecular weight excluding hydrogens is 637 g/mol. The van der Waals surface area contributed by atoms with E-state index >= 15 is 0 Å². The summed E-state index contributed by atoms with van der Waals surface area (Å²) in [5.74, 6) is 0. The molecule has 0 unspecified atom stereocenters. The van der Waals surface area contributed by atoms with Crippen LogP contribution in [0.5, 0.6) is 0 Å². The third kappa shape index (κ3) is 5.01. The molecule has 8 aromatic carbocycles. The highest BCUT2D eigenvalue weighted by Crippen LogP contribution is 2.43. The Morgan fingerprint density at radius 3 is 1.53 bits per heavy atom. The molecule has 0 fully saturated rings. The highest BCUT2D eigenvalue weighted by molar-refractivity contribution is 7.26. The topological polar surface area (TPSA) is 8.17 Å². The van der Waals surface area contributed by atoms with E-state index in [0.29, 0.717) is 0 Å². The molecule has 0 aliphatic rings. The monoisotopic (exact) mass is 668 g/mol. The highest BCUT2D eigenvalue weighted by atomic mass is 32.1. The minimum absolute atomic E-state index is 1.11. The Kier molecular flexibility index (Phi) is 7.04. The van der Waals surface area contributed by atoms with Crippen LogP contribution in [0, 0.1) is 0 Å². The summed E-state index contributed by atoms with van der Waals surface area (Å²) in [4.78, 5) is 2.38. The predicted octanol–water partition coefficient (Wildman–Crippen LogP) is 14.0. The van der Waals surface area contributed by atoms with Gasteiger partial charge in [-0.3, -0.25) is 0 Å². The Bertz CT molecular complexity index is 2750. The molecule has 0 atom stereocenters. The first-order chi connectivity index (χ1) is 25.3. The first-order valence-corrected chi connectivity index (χ1v) is 18.2. The smallest absolute Gasteiger partial charge is 0.0640 e. The molecule has 2 nitrogen and oxygen atoms in total. The van der Waals surface area contributed by atoms with Crippen LogP contribution < -0.4 is 4.90 Å². The molecule has 0 amide bonds. The van der Waals surface area contributed by atoms with Crippen LogP contribution in [0.1, 0.15) is 0 Å². The van der Waals surface area contributed by atoms with E-state index < -0.39 is 0 Å². The van der Waals surface area contributed by atoms with Crippen molar-refractivity contribution in [3.63, 3.8) is 0 Å². The molecule has 0 saturated carbocycles. The van der Waals surface area contributed by atoms with Crippen molar-refractivity contribution in [3.05, 3.63) is 194 Å². The van der Waals surface area contributed by atoms with Gasteiger partial charge >= 0.3 is 0 Å². The second kappa shape index (κ2) is 12.2. The van der Waals surface area contributed by atoms with Gasteiger partial charge in [0, 0.05) is 43.3 Å². The van der Waals surface area contributed by atoms with E-state index in [0.717, 1.165) is 17.1 Å². The third-order valence-corrected chi connectivity index (χ3v) is 11.2. The first kappa shape index (κ1) is 29.5. The third-order valence-electron chi connectivity index (χ3n) is 10.0. The highest BCUT2D eigenvalue weighted by Gasteiger charge is 2.19. The van der Waals surface area contributed by atoms with E-state index in [1.165, 1.54) is 69.9 Å². The number of anilines is 3. The van der Waals surface area contributed by atoms with E-state index in [4.69, 9.17) is 0 Å². The molecule has 51 heavy (non-hydrogen) atoms. The second-order valence-corrected chi connectivity index (χ2v) is 14.0. The average molecular weight is 669 g/mol. The van der Waals surface area contributed by atoms with E-state index in [-0.39, 0.29) is 0 Å². The number of hydrogen-bond donors (Lipinski definition) is 0. The largest absolute Gasteiger partial charge is 0.310 e. The first-order valence-electron chi connectivity index (χ1n) is 17.4. The zero-order chi connectivity index (χ0) is 33.7. The molecule has 0 aliphatic heterocycles. The van der Waals surface area contributed by atoms with Gasteiger partial charge in [0.25, 0.3) is 0 Å². The summed E-state index contributed by atoms with van der Waals surface area (Å²) in [6.07, 6.45) is 0. The zero-order valence-corrected chi connectivity index (χ0v) is 28.6. The van der Waals surface area contributed by atoms with Gasteiger partial charge in [0.1, 0.15) is 0 Å². The van der Waals surface area contributed by atoms with Gasteiger partial charge in [-0.2, -0.15) is 0 Å². The fraction of sp³-hybridized carbons (Fsp3) is 0. The van der Waals surface area contributed by atoms with Crippen molar-refractivity contribution in [1.82, 2.24) is 4.57 Å². The Hall–Kier alpha value is -6.42. The number of fused-ring (bicyclic) bond motifs is 6. The maximum atomic E-state index is 2.47. The lowest BCUT2D eigenvalue weighted by molar-refractivity contribution is 1.20. The molecule has 0 saturated heterocycles. The molecule has 10 aromatic rings. The Morgan fingerprint density at radius 2 is 0.863 bits per heavy atom. The Morgan fingerprint density at radius 1 is 0.353 bits per heavy atom. The quantitative estimate of drug-likeness (QED) is 0.171. The number of rotatable bonds is 6. The molecule has 2 heterocycles. The summed E-state index contributed by atoms with van der Waals surface area (Å²) in [5.41, 5.74) is 11.8. The standard InChI is InChI=1S/C48H32N2S/c1-3-12-33(13-4-1)35-22-26-37(27-23-35)49(38-28-24-36(25-29-38)34-14-5-2-6-15-34)39-30-31-41-40-16-7-9-19-44(40)50(46(41)32-39)45-20-11-18-43-42-17-8-10-21-47(42)51-48(43)45/h1-32H. The molecule has 0 aliphatic carbocycles. The number of thiophene rings is 1. The summed E-state index contributed by atoms with van der Waals surface area (Å²) < 4.78 is 5.09. The molecule has 240 valence electrons. The normalized spacial score (nSPS) is 11.5. The maximum absolute atomic E-state index is 2.47. The van der Waals surface area contributed by atoms with E-state index in [1.807, 2.05) is 11.3 Å². The maximum Gasteiger partial charge on any atom is 0.0640 e. The summed E-state index contributed by atoms with van der Waals surface area (Å²) >= 11 is 1.88. The van der Waals surface area contributed by atoms with Crippen molar-refractivity contribution >= 4 is 70.4 Å². The van der Waals surface area contributed by atoms with E-state index in [1.54, 1.807) is 0 Å². The second-order valence-electron chi connectivity index (χ2n) is 13.0. The van der Waals surface area contributed by atoms with Crippen LogP contribution in [-0.4, -0.2) is 4.57 Å².